The largest absolute Gasteiger partial charge is 0.481 e. The van der Waals surface area contributed by atoms with Crippen LogP contribution >= 0.6 is 0 Å². The third-order valence-corrected chi connectivity index (χ3v) is 4.50. The van der Waals surface area contributed by atoms with Gasteiger partial charge in [-0.15, -0.1) is 0 Å². The van der Waals surface area contributed by atoms with Gasteiger partial charge in [0.1, 0.15) is 12.1 Å². The summed E-state index contributed by atoms with van der Waals surface area (Å²) in [7, 11) is 0. The Kier molecular flexibility index (Phi) is 6.13. The fraction of sp³-hybridized carbons (Fsp3) is 0.733. The van der Waals surface area contributed by atoms with Gasteiger partial charge in [-0.2, -0.15) is 0 Å². The summed E-state index contributed by atoms with van der Waals surface area (Å²) in [5.41, 5.74) is 5.23. The Bertz CT molecular complexity index is 518. The van der Waals surface area contributed by atoms with Gasteiger partial charge in [0.2, 0.25) is 17.7 Å². The van der Waals surface area contributed by atoms with Crippen molar-refractivity contribution in [3.63, 3.8) is 0 Å². The van der Waals surface area contributed by atoms with E-state index in [1.165, 1.54) is 0 Å². The van der Waals surface area contributed by atoms with Crippen molar-refractivity contribution in [1.29, 1.82) is 0 Å². The Morgan fingerprint density at radius 2 is 2.00 bits per heavy atom. The number of amides is 3. The Balaban J connectivity index is 1.97. The number of likely N-dealkylation sites (tertiary alicyclic amines) is 1. The molecule has 3 amide bonds. The molecule has 0 spiro atoms. The van der Waals surface area contributed by atoms with Crippen LogP contribution in [0.25, 0.3) is 0 Å². The Morgan fingerprint density at radius 1 is 1.25 bits per heavy atom. The zero-order valence-corrected chi connectivity index (χ0v) is 13.5. The maximum atomic E-state index is 12.5. The number of carbonyl (C=O) groups excluding carboxylic acids is 3. The summed E-state index contributed by atoms with van der Waals surface area (Å²) >= 11 is 0. The van der Waals surface area contributed by atoms with Crippen molar-refractivity contribution in [2.24, 2.45) is 5.73 Å². The lowest BCUT2D eigenvalue weighted by atomic mass is 10.1. The minimum absolute atomic E-state index is 0.0682. The monoisotopic (exact) mass is 340 g/mol. The number of rotatable bonds is 7. The molecule has 2 aliphatic heterocycles. The first-order valence-corrected chi connectivity index (χ1v) is 8.25. The molecule has 3 atom stereocenters. The van der Waals surface area contributed by atoms with Gasteiger partial charge >= 0.3 is 5.97 Å². The first kappa shape index (κ1) is 18.2. The summed E-state index contributed by atoms with van der Waals surface area (Å²) in [6.45, 7) is 1.30. The van der Waals surface area contributed by atoms with E-state index in [0.29, 0.717) is 19.4 Å². The second-order valence-electron chi connectivity index (χ2n) is 6.23. The number of nitrogens with zero attached hydrogens (tertiary/aromatic N) is 1. The lowest BCUT2D eigenvalue weighted by Gasteiger charge is -2.27. The SMILES string of the molecule is NC(=O)C(CCC(=O)O)NC(=O)[C@@H]1CCCN1C(=O)C1CCCN1. The quantitative estimate of drug-likeness (QED) is 0.447. The van der Waals surface area contributed by atoms with E-state index in [4.69, 9.17) is 10.8 Å². The average Bonchev–Trinajstić information content (AvgIpc) is 3.20. The van der Waals surface area contributed by atoms with Gasteiger partial charge in [0, 0.05) is 13.0 Å². The number of aliphatic carboxylic acids is 1. The van der Waals surface area contributed by atoms with E-state index in [-0.39, 0.29) is 24.8 Å². The van der Waals surface area contributed by atoms with Crippen LogP contribution < -0.4 is 16.4 Å². The highest BCUT2D eigenvalue weighted by molar-refractivity contribution is 5.93. The van der Waals surface area contributed by atoms with Crippen LogP contribution in [0.4, 0.5) is 0 Å². The van der Waals surface area contributed by atoms with Crippen molar-refractivity contribution in [2.45, 2.75) is 56.7 Å². The molecule has 0 radical (unpaired) electrons. The predicted molar refractivity (Wildman–Crippen MR) is 83.8 cm³/mol. The molecule has 0 aromatic rings. The van der Waals surface area contributed by atoms with Crippen LogP contribution in [0.1, 0.15) is 38.5 Å². The second kappa shape index (κ2) is 8.09. The molecule has 2 aliphatic rings. The molecule has 134 valence electrons. The molecule has 2 saturated heterocycles. The van der Waals surface area contributed by atoms with E-state index < -0.39 is 29.9 Å². The molecule has 0 saturated carbocycles. The molecule has 2 rings (SSSR count). The molecule has 0 bridgehead atoms. The van der Waals surface area contributed by atoms with Gasteiger partial charge in [-0.1, -0.05) is 0 Å². The van der Waals surface area contributed by atoms with Crippen LogP contribution in [0.2, 0.25) is 0 Å². The standard InChI is InChI=1S/C15H24N4O5/c16-13(22)9(5-6-12(20)21)18-14(23)11-4-2-8-19(11)15(24)10-3-1-7-17-10/h9-11,17H,1-8H2,(H2,16,22)(H,18,23)(H,20,21)/t9?,10?,11-/m0/s1. The zero-order valence-electron chi connectivity index (χ0n) is 13.5. The lowest BCUT2D eigenvalue weighted by Crippen LogP contribution is -2.54. The second-order valence-corrected chi connectivity index (χ2v) is 6.23. The van der Waals surface area contributed by atoms with E-state index in [1.807, 2.05) is 0 Å². The van der Waals surface area contributed by atoms with Crippen LogP contribution in [0.3, 0.4) is 0 Å². The van der Waals surface area contributed by atoms with E-state index in [9.17, 15) is 19.2 Å². The minimum atomic E-state index is -1.07. The fourth-order valence-corrected chi connectivity index (χ4v) is 3.22. The van der Waals surface area contributed by atoms with Gasteiger partial charge in [0.15, 0.2) is 0 Å². The van der Waals surface area contributed by atoms with Crippen molar-refractivity contribution in [3.8, 4) is 0 Å². The highest BCUT2D eigenvalue weighted by Gasteiger charge is 2.38. The van der Waals surface area contributed by atoms with Gasteiger partial charge in [-0.25, -0.2) is 0 Å². The molecule has 24 heavy (non-hydrogen) atoms. The minimum Gasteiger partial charge on any atom is -0.481 e. The molecule has 2 unspecified atom stereocenters. The van der Waals surface area contributed by atoms with Crippen molar-refractivity contribution in [2.75, 3.05) is 13.1 Å². The average molecular weight is 340 g/mol. The molecule has 5 N–H and O–H groups in total. The van der Waals surface area contributed by atoms with Crippen LogP contribution in [-0.4, -0.2) is 64.9 Å². The Labute approximate surface area is 139 Å². The highest BCUT2D eigenvalue weighted by Crippen LogP contribution is 2.21. The van der Waals surface area contributed by atoms with Gasteiger partial charge in [-0.3, -0.25) is 19.2 Å². The first-order valence-electron chi connectivity index (χ1n) is 8.25. The molecule has 0 aromatic heterocycles. The Morgan fingerprint density at radius 3 is 2.58 bits per heavy atom. The summed E-state index contributed by atoms with van der Waals surface area (Å²) in [5, 5.41) is 14.3. The molecule has 9 heteroatoms. The number of carboxylic acid groups (broad SMARTS) is 1. The number of primary amides is 1. The van der Waals surface area contributed by atoms with Gasteiger partial charge in [-0.05, 0) is 38.6 Å². The van der Waals surface area contributed by atoms with Gasteiger partial charge in [0.25, 0.3) is 0 Å². The third kappa shape index (κ3) is 4.44. The smallest absolute Gasteiger partial charge is 0.303 e. The van der Waals surface area contributed by atoms with Gasteiger partial charge < -0.3 is 26.4 Å². The molecule has 2 fully saturated rings. The fourth-order valence-electron chi connectivity index (χ4n) is 3.22. The zero-order chi connectivity index (χ0) is 17.7. The third-order valence-electron chi connectivity index (χ3n) is 4.50. The van der Waals surface area contributed by atoms with Crippen molar-refractivity contribution < 1.29 is 24.3 Å². The summed E-state index contributed by atoms with van der Waals surface area (Å²) in [4.78, 5) is 48.6. The topological polar surface area (TPSA) is 142 Å². The molecule has 0 aliphatic carbocycles. The van der Waals surface area contributed by atoms with E-state index in [2.05, 4.69) is 10.6 Å². The van der Waals surface area contributed by atoms with E-state index >= 15 is 0 Å². The predicted octanol–water partition coefficient (Wildman–Crippen LogP) is -1.44. The number of hydrogen-bond donors (Lipinski definition) is 4. The normalized spacial score (nSPS) is 24.6. The maximum absolute atomic E-state index is 12.5. The molecule has 2 heterocycles. The van der Waals surface area contributed by atoms with Crippen LogP contribution in [0, 0.1) is 0 Å². The van der Waals surface area contributed by atoms with Gasteiger partial charge in [0.05, 0.1) is 6.04 Å². The van der Waals surface area contributed by atoms with Crippen molar-refractivity contribution in [1.82, 2.24) is 15.5 Å². The molecule has 9 nitrogen and oxygen atoms in total. The Hall–Kier alpha value is -2.16. The van der Waals surface area contributed by atoms with E-state index in [1.54, 1.807) is 4.90 Å². The number of hydrogen-bond acceptors (Lipinski definition) is 5. The number of carboxylic acids is 1. The lowest BCUT2D eigenvalue weighted by molar-refractivity contribution is -0.140. The van der Waals surface area contributed by atoms with E-state index in [0.717, 1.165) is 19.4 Å². The molecule has 0 aromatic carbocycles. The molecular formula is C15H24N4O5. The van der Waals surface area contributed by atoms with Crippen LogP contribution in [0.15, 0.2) is 0 Å². The first-order chi connectivity index (χ1) is 11.4. The molecular weight excluding hydrogens is 316 g/mol. The van der Waals surface area contributed by atoms with Crippen molar-refractivity contribution in [3.05, 3.63) is 0 Å². The maximum Gasteiger partial charge on any atom is 0.303 e. The summed E-state index contributed by atoms with van der Waals surface area (Å²) in [6, 6.07) is -1.93. The highest BCUT2D eigenvalue weighted by atomic mass is 16.4. The van der Waals surface area contributed by atoms with Crippen LogP contribution in [-0.2, 0) is 19.2 Å². The van der Waals surface area contributed by atoms with Crippen LogP contribution in [0.5, 0.6) is 0 Å². The van der Waals surface area contributed by atoms with Crippen molar-refractivity contribution >= 4 is 23.7 Å². The summed E-state index contributed by atoms with van der Waals surface area (Å²) in [6.07, 6.45) is 2.59. The summed E-state index contributed by atoms with van der Waals surface area (Å²) in [5.74, 6) is -2.39. The number of nitrogens with two attached hydrogens (primary N) is 1. The number of carbonyl (C=O) groups is 4. The number of nitrogens with one attached hydrogen (secondary N) is 2. The summed E-state index contributed by atoms with van der Waals surface area (Å²) < 4.78 is 0.